The van der Waals surface area contributed by atoms with E-state index in [9.17, 15) is 4.79 Å². The van der Waals surface area contributed by atoms with E-state index in [1.165, 1.54) is 11.8 Å². The van der Waals surface area contributed by atoms with Crippen LogP contribution >= 0.6 is 11.8 Å². The lowest BCUT2D eigenvalue weighted by Crippen LogP contribution is -2.13. The van der Waals surface area contributed by atoms with Crippen molar-refractivity contribution in [1.82, 2.24) is 10.1 Å². The van der Waals surface area contributed by atoms with Crippen molar-refractivity contribution in [2.45, 2.75) is 38.9 Å². The van der Waals surface area contributed by atoms with E-state index in [-0.39, 0.29) is 11.4 Å². The third-order valence-electron chi connectivity index (χ3n) is 1.89. The van der Waals surface area contributed by atoms with Crippen molar-refractivity contribution in [3.63, 3.8) is 0 Å². The molecular weight excluding hydrogens is 240 g/mol. The molecule has 6 heteroatoms. The normalized spacial score (nSPS) is 11.5. The van der Waals surface area contributed by atoms with Gasteiger partial charge in [0, 0.05) is 5.41 Å². The maximum atomic E-state index is 11.1. The predicted octanol–water partition coefficient (Wildman–Crippen LogP) is 2.16. The molecule has 0 N–H and O–H groups in total. The van der Waals surface area contributed by atoms with Gasteiger partial charge in [-0.1, -0.05) is 25.9 Å². The fraction of sp³-hybridized carbons (Fsp3) is 0.727. The SMILES string of the molecule is CCOC(=O)CSCc1nc(C(C)(C)C)no1. The molecule has 1 heterocycles. The number of hydrogen-bond acceptors (Lipinski definition) is 6. The molecule has 0 fully saturated rings. The number of aromatic nitrogens is 2. The summed E-state index contributed by atoms with van der Waals surface area (Å²) in [5, 5.41) is 3.91. The van der Waals surface area contributed by atoms with Crippen molar-refractivity contribution in [3.8, 4) is 0 Å². The Morgan fingerprint density at radius 1 is 1.47 bits per heavy atom. The predicted molar refractivity (Wildman–Crippen MR) is 65.8 cm³/mol. The van der Waals surface area contributed by atoms with E-state index >= 15 is 0 Å². The molecule has 0 aromatic carbocycles. The van der Waals surface area contributed by atoms with Crippen LogP contribution < -0.4 is 0 Å². The molecule has 5 nitrogen and oxygen atoms in total. The fourth-order valence-corrected chi connectivity index (χ4v) is 1.69. The highest BCUT2D eigenvalue weighted by molar-refractivity contribution is 7.99. The molecule has 0 saturated heterocycles. The first-order valence-corrected chi connectivity index (χ1v) is 6.65. The second kappa shape index (κ2) is 6.05. The first kappa shape index (κ1) is 14.0. The molecule has 17 heavy (non-hydrogen) atoms. The third-order valence-corrected chi connectivity index (χ3v) is 2.78. The van der Waals surface area contributed by atoms with Crippen LogP contribution in [0.2, 0.25) is 0 Å². The molecule has 0 bridgehead atoms. The Morgan fingerprint density at radius 3 is 2.71 bits per heavy atom. The summed E-state index contributed by atoms with van der Waals surface area (Å²) in [6.07, 6.45) is 0. The van der Waals surface area contributed by atoms with Crippen molar-refractivity contribution < 1.29 is 14.1 Å². The molecular formula is C11H18N2O3S. The van der Waals surface area contributed by atoms with Crippen molar-refractivity contribution in [2.75, 3.05) is 12.4 Å². The van der Waals surface area contributed by atoms with Gasteiger partial charge in [0.05, 0.1) is 18.1 Å². The van der Waals surface area contributed by atoms with Crippen molar-refractivity contribution >= 4 is 17.7 Å². The van der Waals surface area contributed by atoms with E-state index in [0.29, 0.717) is 29.8 Å². The van der Waals surface area contributed by atoms with E-state index in [0.717, 1.165) is 0 Å². The number of ether oxygens (including phenoxy) is 1. The molecule has 0 radical (unpaired) electrons. The molecule has 1 aromatic rings. The van der Waals surface area contributed by atoms with Gasteiger partial charge in [-0.05, 0) is 6.92 Å². The minimum atomic E-state index is -0.215. The maximum absolute atomic E-state index is 11.1. The van der Waals surface area contributed by atoms with Crippen LogP contribution in [0.5, 0.6) is 0 Å². The van der Waals surface area contributed by atoms with Gasteiger partial charge >= 0.3 is 5.97 Å². The Kier molecular flexibility index (Phi) is 4.99. The molecule has 0 spiro atoms. The van der Waals surface area contributed by atoms with Gasteiger partial charge in [-0.25, -0.2) is 0 Å². The maximum Gasteiger partial charge on any atom is 0.315 e. The van der Waals surface area contributed by atoms with Gasteiger partial charge in [-0.2, -0.15) is 4.98 Å². The number of rotatable bonds is 5. The molecule has 1 rings (SSSR count). The second-order valence-electron chi connectivity index (χ2n) is 4.56. The average molecular weight is 258 g/mol. The molecule has 0 amide bonds. The van der Waals surface area contributed by atoms with Crippen LogP contribution in [0.25, 0.3) is 0 Å². The van der Waals surface area contributed by atoms with Gasteiger partial charge in [-0.15, -0.1) is 11.8 Å². The number of thioether (sulfide) groups is 1. The summed E-state index contributed by atoms with van der Waals surface area (Å²) in [6, 6.07) is 0. The van der Waals surface area contributed by atoms with E-state index in [1.54, 1.807) is 6.92 Å². The van der Waals surface area contributed by atoms with Gasteiger partial charge in [0.1, 0.15) is 0 Å². The van der Waals surface area contributed by atoms with Crippen molar-refractivity contribution in [2.24, 2.45) is 0 Å². The highest BCUT2D eigenvalue weighted by Crippen LogP contribution is 2.20. The molecule has 0 aliphatic heterocycles. The Hall–Kier alpha value is -1.04. The smallest absolute Gasteiger partial charge is 0.315 e. The zero-order valence-electron chi connectivity index (χ0n) is 10.6. The number of hydrogen-bond donors (Lipinski definition) is 0. The van der Waals surface area contributed by atoms with Gasteiger partial charge in [0.15, 0.2) is 5.82 Å². The summed E-state index contributed by atoms with van der Waals surface area (Å²) in [5.41, 5.74) is -0.118. The van der Waals surface area contributed by atoms with Crippen LogP contribution in [0.4, 0.5) is 0 Å². The number of carbonyl (C=O) groups is 1. The summed E-state index contributed by atoms with van der Waals surface area (Å²) in [4.78, 5) is 15.4. The van der Waals surface area contributed by atoms with Crippen LogP contribution in [0.1, 0.15) is 39.4 Å². The van der Waals surface area contributed by atoms with Crippen LogP contribution in [0, 0.1) is 0 Å². The third kappa shape index (κ3) is 4.77. The molecule has 0 aliphatic carbocycles. The van der Waals surface area contributed by atoms with Gasteiger partial charge in [-0.3, -0.25) is 4.79 Å². The Bertz CT molecular complexity index is 371. The number of carbonyl (C=O) groups excluding carboxylic acids is 1. The summed E-state index contributed by atoms with van der Waals surface area (Å²) >= 11 is 1.41. The van der Waals surface area contributed by atoms with E-state index in [4.69, 9.17) is 9.26 Å². The summed E-state index contributed by atoms with van der Waals surface area (Å²) in [5.74, 6) is 1.85. The molecule has 0 aliphatic rings. The second-order valence-corrected chi connectivity index (χ2v) is 5.55. The molecule has 0 atom stereocenters. The fourth-order valence-electron chi connectivity index (χ4n) is 1.04. The minimum absolute atomic E-state index is 0.118. The van der Waals surface area contributed by atoms with Crippen LogP contribution in [0.15, 0.2) is 4.52 Å². The van der Waals surface area contributed by atoms with Crippen LogP contribution in [0.3, 0.4) is 0 Å². The highest BCUT2D eigenvalue weighted by atomic mass is 32.2. The lowest BCUT2D eigenvalue weighted by molar-refractivity contribution is -0.139. The van der Waals surface area contributed by atoms with E-state index < -0.39 is 0 Å². The lowest BCUT2D eigenvalue weighted by atomic mass is 9.96. The lowest BCUT2D eigenvalue weighted by Gasteiger charge is -2.10. The van der Waals surface area contributed by atoms with E-state index in [1.807, 2.05) is 20.8 Å². The van der Waals surface area contributed by atoms with Crippen LogP contribution in [-0.4, -0.2) is 28.5 Å². The van der Waals surface area contributed by atoms with Gasteiger partial charge < -0.3 is 9.26 Å². The summed E-state index contributed by atoms with van der Waals surface area (Å²) in [6.45, 7) is 8.26. The van der Waals surface area contributed by atoms with Crippen molar-refractivity contribution in [1.29, 1.82) is 0 Å². The Labute approximate surface area is 105 Å². The van der Waals surface area contributed by atoms with Gasteiger partial charge in [0.25, 0.3) is 0 Å². The topological polar surface area (TPSA) is 65.2 Å². The highest BCUT2D eigenvalue weighted by Gasteiger charge is 2.20. The monoisotopic (exact) mass is 258 g/mol. The summed E-state index contributed by atoms with van der Waals surface area (Å²) in [7, 11) is 0. The standard InChI is InChI=1S/C11H18N2O3S/c1-5-15-9(14)7-17-6-8-12-10(13-16-8)11(2,3)4/h5-7H2,1-4H3. The first-order chi connectivity index (χ1) is 7.93. The van der Waals surface area contributed by atoms with Gasteiger partial charge in [0.2, 0.25) is 5.89 Å². The van der Waals surface area contributed by atoms with E-state index in [2.05, 4.69) is 10.1 Å². The first-order valence-electron chi connectivity index (χ1n) is 5.50. The Morgan fingerprint density at radius 2 is 2.18 bits per heavy atom. The molecule has 96 valence electrons. The molecule has 0 unspecified atom stereocenters. The Balaban J connectivity index is 2.38. The summed E-state index contributed by atoms with van der Waals surface area (Å²) < 4.78 is 9.91. The molecule has 0 saturated carbocycles. The number of nitrogens with zero attached hydrogens (tertiary/aromatic N) is 2. The quantitative estimate of drug-likeness (QED) is 0.754. The zero-order valence-corrected chi connectivity index (χ0v) is 11.5. The zero-order chi connectivity index (χ0) is 12.9. The number of esters is 1. The van der Waals surface area contributed by atoms with Crippen LogP contribution in [-0.2, 0) is 20.7 Å². The minimum Gasteiger partial charge on any atom is -0.465 e. The van der Waals surface area contributed by atoms with Crippen molar-refractivity contribution in [3.05, 3.63) is 11.7 Å². The largest absolute Gasteiger partial charge is 0.465 e. The molecule has 1 aromatic heterocycles. The average Bonchev–Trinajstić information content (AvgIpc) is 2.66.